The van der Waals surface area contributed by atoms with Gasteiger partial charge in [0.25, 0.3) is 5.91 Å². The highest BCUT2D eigenvalue weighted by atomic mass is 35.5. The van der Waals surface area contributed by atoms with Crippen LogP contribution in [-0.4, -0.2) is 35.4 Å². The minimum Gasteiger partial charge on any atom is -0.347 e. The number of nitrogens with zero attached hydrogens (tertiary/aromatic N) is 2. The second-order valence-corrected chi connectivity index (χ2v) is 6.38. The second kappa shape index (κ2) is 9.14. The number of carbonyl (C=O) groups is 3. The van der Waals surface area contributed by atoms with Crippen LogP contribution in [0.5, 0.6) is 0 Å². The van der Waals surface area contributed by atoms with Crippen molar-refractivity contribution in [3.05, 3.63) is 51.2 Å². The van der Waals surface area contributed by atoms with Crippen molar-refractivity contribution in [1.29, 1.82) is 0 Å². The summed E-state index contributed by atoms with van der Waals surface area (Å²) >= 11 is 7.46. The predicted molar refractivity (Wildman–Crippen MR) is 95.1 cm³/mol. The molecule has 0 aliphatic rings. The van der Waals surface area contributed by atoms with Crippen molar-refractivity contribution in [2.45, 2.75) is 13.5 Å². The lowest BCUT2D eigenvalue weighted by atomic mass is 10.2. The number of hydrogen-bond donors (Lipinski definition) is 2. The maximum absolute atomic E-state index is 11.9. The molecule has 0 radical (unpaired) electrons. The molecule has 0 saturated carbocycles. The lowest BCUT2D eigenvalue weighted by Crippen LogP contribution is -2.38. The molecule has 1 aromatic heterocycles. The van der Waals surface area contributed by atoms with Crippen LogP contribution in [0.25, 0.3) is 0 Å². The maximum atomic E-state index is 11.9. The highest BCUT2D eigenvalue weighted by molar-refractivity contribution is 7.07. The van der Waals surface area contributed by atoms with E-state index >= 15 is 0 Å². The Balaban J connectivity index is 1.98. The van der Waals surface area contributed by atoms with Crippen LogP contribution in [0.15, 0.2) is 40.8 Å². The van der Waals surface area contributed by atoms with Crippen molar-refractivity contribution in [3.63, 3.8) is 0 Å². The Bertz CT molecular complexity index is 844. The Kier molecular flexibility index (Phi) is 6.91. The number of rotatable bonds is 6. The van der Waals surface area contributed by atoms with Crippen molar-refractivity contribution in [2.75, 3.05) is 13.1 Å². The molecule has 0 saturated heterocycles. The third-order valence-corrected chi connectivity index (χ3v) is 4.28. The van der Waals surface area contributed by atoms with Crippen LogP contribution in [0.3, 0.4) is 0 Å². The van der Waals surface area contributed by atoms with Gasteiger partial charge in [0, 0.05) is 23.5 Å². The van der Waals surface area contributed by atoms with E-state index < -0.39 is 11.8 Å². The fourth-order valence-electron chi connectivity index (χ4n) is 1.90. The Hall–Kier alpha value is -2.45. The van der Waals surface area contributed by atoms with E-state index in [0.29, 0.717) is 16.4 Å². The van der Waals surface area contributed by atoms with Crippen LogP contribution in [0, 0.1) is 0 Å². The fourth-order valence-corrected chi connectivity index (χ4v) is 2.85. The molecular weight excluding hydrogens is 364 g/mol. The minimum atomic E-state index is -0.480. The lowest BCUT2D eigenvalue weighted by Gasteiger charge is -2.05. The van der Waals surface area contributed by atoms with Gasteiger partial charge >= 0.3 is 0 Å². The van der Waals surface area contributed by atoms with Crippen molar-refractivity contribution in [1.82, 2.24) is 15.2 Å². The van der Waals surface area contributed by atoms with Gasteiger partial charge in [-0.05, 0) is 11.6 Å². The number of carbonyl (C=O) groups excluding carboxylic acids is 3. The fraction of sp³-hybridized carbons (Fsp3) is 0.250. The Labute approximate surface area is 153 Å². The molecule has 0 aliphatic carbocycles. The molecule has 7 nitrogen and oxygen atoms in total. The van der Waals surface area contributed by atoms with Gasteiger partial charge in [0.2, 0.25) is 11.8 Å². The summed E-state index contributed by atoms with van der Waals surface area (Å²) in [4.78, 5) is 38.6. The standard InChI is InChI=1S/C16H17ClN4O3S/c1-11(22)18-8-14(23)19-9-15(24)20-16-21(6-7-25-16)10-12-4-2-3-5-13(12)17/h2-7H,8-10H2,1H3,(H,18,22)(H,19,23). The maximum Gasteiger partial charge on any atom is 0.267 e. The molecular formula is C16H17ClN4O3S. The molecule has 0 atom stereocenters. The van der Waals surface area contributed by atoms with Crippen molar-refractivity contribution >= 4 is 40.7 Å². The number of hydrogen-bond acceptors (Lipinski definition) is 4. The number of benzene rings is 1. The topological polar surface area (TPSA) is 92.6 Å². The highest BCUT2D eigenvalue weighted by Crippen LogP contribution is 2.15. The molecule has 3 amide bonds. The molecule has 0 unspecified atom stereocenters. The number of amides is 3. The van der Waals surface area contributed by atoms with Gasteiger partial charge in [0.15, 0.2) is 4.80 Å². The van der Waals surface area contributed by atoms with Crippen LogP contribution in [0.2, 0.25) is 5.02 Å². The van der Waals surface area contributed by atoms with Crippen molar-refractivity contribution in [2.24, 2.45) is 4.99 Å². The van der Waals surface area contributed by atoms with Gasteiger partial charge in [-0.3, -0.25) is 14.4 Å². The first-order valence-electron chi connectivity index (χ1n) is 7.41. The first-order valence-corrected chi connectivity index (χ1v) is 8.67. The molecule has 25 heavy (non-hydrogen) atoms. The highest BCUT2D eigenvalue weighted by Gasteiger charge is 2.07. The summed E-state index contributed by atoms with van der Waals surface area (Å²) < 4.78 is 1.81. The van der Waals surface area contributed by atoms with Gasteiger partial charge in [0.05, 0.1) is 19.6 Å². The Morgan fingerprint density at radius 2 is 1.96 bits per heavy atom. The van der Waals surface area contributed by atoms with E-state index in [9.17, 15) is 14.4 Å². The second-order valence-electron chi connectivity index (χ2n) is 5.10. The molecule has 0 aliphatic heterocycles. The van der Waals surface area contributed by atoms with Gasteiger partial charge in [-0.15, -0.1) is 11.3 Å². The molecule has 2 aromatic rings. The molecule has 0 spiro atoms. The van der Waals surface area contributed by atoms with Crippen LogP contribution >= 0.6 is 22.9 Å². The van der Waals surface area contributed by atoms with Crippen LogP contribution in [0.1, 0.15) is 12.5 Å². The monoisotopic (exact) mass is 380 g/mol. The Morgan fingerprint density at radius 3 is 2.68 bits per heavy atom. The van der Waals surface area contributed by atoms with Crippen LogP contribution in [0.4, 0.5) is 0 Å². The Morgan fingerprint density at radius 1 is 1.20 bits per heavy atom. The zero-order chi connectivity index (χ0) is 18.2. The summed E-state index contributed by atoms with van der Waals surface area (Å²) in [7, 11) is 0. The minimum absolute atomic E-state index is 0.172. The number of thiazole rings is 1. The summed E-state index contributed by atoms with van der Waals surface area (Å²) in [6.07, 6.45) is 1.81. The summed E-state index contributed by atoms with van der Waals surface area (Å²) in [6, 6.07) is 7.44. The molecule has 9 heteroatoms. The van der Waals surface area contributed by atoms with E-state index in [1.54, 1.807) is 6.07 Å². The first kappa shape index (κ1) is 18.9. The third-order valence-electron chi connectivity index (χ3n) is 3.11. The molecule has 1 heterocycles. The van der Waals surface area contributed by atoms with E-state index in [-0.39, 0.29) is 19.0 Å². The van der Waals surface area contributed by atoms with E-state index in [1.165, 1.54) is 18.3 Å². The zero-order valence-electron chi connectivity index (χ0n) is 13.5. The van der Waals surface area contributed by atoms with Gasteiger partial charge in [-0.25, -0.2) is 0 Å². The first-order chi connectivity index (χ1) is 12.0. The summed E-state index contributed by atoms with van der Waals surface area (Å²) in [5.74, 6) is -1.24. The molecule has 1 aromatic carbocycles. The molecule has 2 N–H and O–H groups in total. The van der Waals surface area contributed by atoms with E-state index in [4.69, 9.17) is 11.6 Å². The summed E-state index contributed by atoms with van der Waals surface area (Å²) in [5.41, 5.74) is 0.917. The largest absolute Gasteiger partial charge is 0.347 e. The summed E-state index contributed by atoms with van der Waals surface area (Å²) in [5, 5.41) is 7.21. The van der Waals surface area contributed by atoms with Gasteiger partial charge < -0.3 is 15.2 Å². The molecule has 2 rings (SSSR count). The van der Waals surface area contributed by atoms with Crippen molar-refractivity contribution < 1.29 is 14.4 Å². The average Bonchev–Trinajstić information content (AvgIpc) is 3.00. The smallest absolute Gasteiger partial charge is 0.267 e. The summed E-state index contributed by atoms with van der Waals surface area (Å²) in [6.45, 7) is 1.39. The van der Waals surface area contributed by atoms with Crippen LogP contribution in [-0.2, 0) is 20.9 Å². The molecule has 132 valence electrons. The number of halogens is 1. The van der Waals surface area contributed by atoms with Gasteiger partial charge in [-0.2, -0.15) is 4.99 Å². The van der Waals surface area contributed by atoms with E-state index in [2.05, 4.69) is 15.6 Å². The van der Waals surface area contributed by atoms with Gasteiger partial charge in [0.1, 0.15) is 0 Å². The predicted octanol–water partition coefficient (Wildman–Crippen LogP) is 0.931. The number of aromatic nitrogens is 1. The van der Waals surface area contributed by atoms with Crippen molar-refractivity contribution in [3.8, 4) is 0 Å². The third kappa shape index (κ3) is 6.17. The van der Waals surface area contributed by atoms with Gasteiger partial charge in [-0.1, -0.05) is 29.8 Å². The average molecular weight is 381 g/mol. The molecule has 0 fully saturated rings. The lowest BCUT2D eigenvalue weighted by molar-refractivity contribution is -0.126. The van der Waals surface area contributed by atoms with E-state index in [0.717, 1.165) is 5.56 Å². The zero-order valence-corrected chi connectivity index (χ0v) is 15.1. The van der Waals surface area contributed by atoms with Crippen LogP contribution < -0.4 is 15.4 Å². The quantitative estimate of drug-likeness (QED) is 0.780. The molecule has 0 bridgehead atoms. The van der Waals surface area contributed by atoms with E-state index in [1.807, 2.05) is 34.3 Å². The SMILES string of the molecule is CC(=O)NCC(=O)NCC(=O)N=c1sccn1Cc1ccccc1Cl. The number of nitrogens with one attached hydrogen (secondary N) is 2. The normalized spacial score (nSPS) is 11.2.